The van der Waals surface area contributed by atoms with E-state index in [9.17, 15) is 4.79 Å². The van der Waals surface area contributed by atoms with Crippen molar-refractivity contribution in [1.29, 1.82) is 0 Å². The van der Waals surface area contributed by atoms with Gasteiger partial charge >= 0.3 is 0 Å². The molecule has 1 aromatic rings. The summed E-state index contributed by atoms with van der Waals surface area (Å²) in [5, 5.41) is 3.35. The number of carbonyl (C=O) groups excluding carboxylic acids is 1. The summed E-state index contributed by atoms with van der Waals surface area (Å²) >= 11 is 0. The van der Waals surface area contributed by atoms with Gasteiger partial charge in [0, 0.05) is 24.2 Å². The number of Topliss-reactive ketones (excluding diaryl/α,β-unsaturated/α-hetero) is 1. The molecule has 1 aromatic carbocycles. The first-order chi connectivity index (χ1) is 7.31. The molecule has 2 heteroatoms. The van der Waals surface area contributed by atoms with Gasteiger partial charge in [0.1, 0.15) is 0 Å². The molecular formula is C13H17NO. The Morgan fingerprint density at radius 2 is 2.33 bits per heavy atom. The average Bonchev–Trinajstić information content (AvgIpc) is 2.29. The van der Waals surface area contributed by atoms with Gasteiger partial charge in [-0.1, -0.05) is 19.1 Å². The van der Waals surface area contributed by atoms with Crippen LogP contribution in [-0.2, 0) is 6.42 Å². The highest BCUT2D eigenvalue weighted by Gasteiger charge is 2.11. The van der Waals surface area contributed by atoms with Gasteiger partial charge in [0.15, 0.2) is 5.78 Å². The summed E-state index contributed by atoms with van der Waals surface area (Å²) in [6, 6.07) is 6.06. The molecule has 0 aliphatic carbocycles. The number of fused-ring (bicyclic) bond motifs is 1. The minimum Gasteiger partial charge on any atom is -0.385 e. The lowest BCUT2D eigenvalue weighted by Gasteiger charge is -2.18. The zero-order valence-corrected chi connectivity index (χ0v) is 9.18. The Labute approximate surface area is 90.7 Å². The van der Waals surface area contributed by atoms with Gasteiger partial charge in [-0.05, 0) is 30.9 Å². The molecule has 0 saturated carbocycles. The number of carbonyl (C=O) groups is 1. The molecule has 0 aromatic heterocycles. The van der Waals surface area contributed by atoms with E-state index in [-0.39, 0.29) is 5.78 Å². The molecule has 0 atom stereocenters. The third kappa shape index (κ3) is 2.20. The molecule has 0 saturated heterocycles. The SMILES string of the molecule is CCCC(=O)c1ccc2c(c1)NCCC2. The maximum absolute atomic E-state index is 11.7. The maximum Gasteiger partial charge on any atom is 0.162 e. The monoisotopic (exact) mass is 203 g/mol. The number of ketones is 1. The van der Waals surface area contributed by atoms with Crippen molar-refractivity contribution in [3.05, 3.63) is 29.3 Å². The zero-order chi connectivity index (χ0) is 10.7. The normalized spacial score (nSPS) is 14.2. The molecule has 0 fully saturated rings. The van der Waals surface area contributed by atoms with Crippen LogP contribution in [0.25, 0.3) is 0 Å². The topological polar surface area (TPSA) is 29.1 Å². The van der Waals surface area contributed by atoms with Crippen LogP contribution in [0.5, 0.6) is 0 Å². The number of hydrogen-bond acceptors (Lipinski definition) is 2. The van der Waals surface area contributed by atoms with Crippen molar-refractivity contribution in [2.45, 2.75) is 32.6 Å². The first-order valence-electron chi connectivity index (χ1n) is 5.71. The van der Waals surface area contributed by atoms with E-state index in [0.29, 0.717) is 6.42 Å². The summed E-state index contributed by atoms with van der Waals surface area (Å²) in [5.41, 5.74) is 3.35. The largest absolute Gasteiger partial charge is 0.385 e. The average molecular weight is 203 g/mol. The van der Waals surface area contributed by atoms with E-state index < -0.39 is 0 Å². The summed E-state index contributed by atoms with van der Waals surface area (Å²) in [5.74, 6) is 0.257. The van der Waals surface area contributed by atoms with Gasteiger partial charge in [-0.15, -0.1) is 0 Å². The van der Waals surface area contributed by atoms with Gasteiger partial charge in [-0.2, -0.15) is 0 Å². The van der Waals surface area contributed by atoms with Crippen LogP contribution in [0.15, 0.2) is 18.2 Å². The lowest BCUT2D eigenvalue weighted by atomic mass is 9.98. The lowest BCUT2D eigenvalue weighted by molar-refractivity contribution is 0.0982. The summed E-state index contributed by atoms with van der Waals surface area (Å²) in [6.45, 7) is 3.06. The Hall–Kier alpha value is -1.31. The van der Waals surface area contributed by atoms with Crippen LogP contribution in [0.1, 0.15) is 42.1 Å². The fourth-order valence-corrected chi connectivity index (χ4v) is 2.01. The van der Waals surface area contributed by atoms with Crippen molar-refractivity contribution in [2.75, 3.05) is 11.9 Å². The molecule has 15 heavy (non-hydrogen) atoms. The molecule has 1 aliphatic heterocycles. The van der Waals surface area contributed by atoms with Gasteiger partial charge in [-0.3, -0.25) is 4.79 Å². The van der Waals surface area contributed by atoms with E-state index in [1.54, 1.807) is 0 Å². The van der Waals surface area contributed by atoms with Crippen LogP contribution in [0.3, 0.4) is 0 Å². The van der Waals surface area contributed by atoms with Crippen molar-refractivity contribution in [3.8, 4) is 0 Å². The molecular weight excluding hydrogens is 186 g/mol. The Morgan fingerprint density at radius 3 is 3.13 bits per heavy atom. The molecule has 1 N–H and O–H groups in total. The van der Waals surface area contributed by atoms with Crippen LogP contribution in [0, 0.1) is 0 Å². The van der Waals surface area contributed by atoms with Crippen LogP contribution < -0.4 is 5.32 Å². The van der Waals surface area contributed by atoms with Gasteiger partial charge in [-0.25, -0.2) is 0 Å². The van der Waals surface area contributed by atoms with Crippen molar-refractivity contribution in [1.82, 2.24) is 0 Å². The van der Waals surface area contributed by atoms with Gasteiger partial charge in [0.2, 0.25) is 0 Å². The summed E-state index contributed by atoms with van der Waals surface area (Å²) in [6.07, 6.45) is 3.89. The van der Waals surface area contributed by atoms with Crippen molar-refractivity contribution < 1.29 is 4.79 Å². The third-order valence-corrected chi connectivity index (χ3v) is 2.85. The van der Waals surface area contributed by atoms with Crippen LogP contribution >= 0.6 is 0 Å². The van der Waals surface area contributed by atoms with E-state index in [0.717, 1.165) is 30.6 Å². The summed E-state index contributed by atoms with van der Waals surface area (Å²) in [4.78, 5) is 11.7. The Balaban J connectivity index is 2.24. The molecule has 1 aliphatic rings. The number of benzene rings is 1. The molecule has 0 spiro atoms. The van der Waals surface area contributed by atoms with E-state index in [2.05, 4.69) is 11.4 Å². The molecule has 0 unspecified atom stereocenters. The molecule has 2 rings (SSSR count). The molecule has 80 valence electrons. The fraction of sp³-hybridized carbons (Fsp3) is 0.462. The van der Waals surface area contributed by atoms with Crippen LogP contribution in [-0.4, -0.2) is 12.3 Å². The predicted molar refractivity (Wildman–Crippen MR) is 62.5 cm³/mol. The Morgan fingerprint density at radius 1 is 1.47 bits per heavy atom. The van der Waals surface area contributed by atoms with Gasteiger partial charge in [0.05, 0.1) is 0 Å². The zero-order valence-electron chi connectivity index (χ0n) is 9.18. The number of hydrogen-bond donors (Lipinski definition) is 1. The van der Waals surface area contributed by atoms with Gasteiger partial charge < -0.3 is 5.32 Å². The minimum atomic E-state index is 0.257. The quantitative estimate of drug-likeness (QED) is 0.765. The highest BCUT2D eigenvalue weighted by Crippen LogP contribution is 2.23. The number of anilines is 1. The second-order valence-electron chi connectivity index (χ2n) is 4.08. The van der Waals surface area contributed by atoms with Crippen molar-refractivity contribution in [3.63, 3.8) is 0 Å². The summed E-state index contributed by atoms with van der Waals surface area (Å²) < 4.78 is 0. The number of aryl methyl sites for hydroxylation is 1. The van der Waals surface area contributed by atoms with E-state index in [1.165, 1.54) is 12.0 Å². The smallest absolute Gasteiger partial charge is 0.162 e. The second kappa shape index (κ2) is 4.47. The minimum absolute atomic E-state index is 0.257. The van der Waals surface area contributed by atoms with Crippen LogP contribution in [0.4, 0.5) is 5.69 Å². The van der Waals surface area contributed by atoms with Crippen LogP contribution in [0.2, 0.25) is 0 Å². The van der Waals surface area contributed by atoms with E-state index in [4.69, 9.17) is 0 Å². The molecule has 0 radical (unpaired) electrons. The Bertz CT molecular complexity index is 371. The van der Waals surface area contributed by atoms with Crippen molar-refractivity contribution in [2.24, 2.45) is 0 Å². The summed E-state index contributed by atoms with van der Waals surface area (Å²) in [7, 11) is 0. The Kier molecular flexibility index (Phi) is 3.05. The molecule has 2 nitrogen and oxygen atoms in total. The highest BCUT2D eigenvalue weighted by molar-refractivity contribution is 5.97. The molecule has 0 bridgehead atoms. The first-order valence-corrected chi connectivity index (χ1v) is 5.71. The first kappa shape index (κ1) is 10.2. The van der Waals surface area contributed by atoms with Gasteiger partial charge in [0.25, 0.3) is 0 Å². The van der Waals surface area contributed by atoms with Crippen molar-refractivity contribution >= 4 is 11.5 Å². The standard InChI is InChI=1S/C13H17NO/c1-2-4-13(15)11-7-6-10-5-3-8-14-12(10)9-11/h6-7,9,14H,2-5,8H2,1H3. The van der Waals surface area contributed by atoms with E-state index in [1.807, 2.05) is 19.1 Å². The second-order valence-corrected chi connectivity index (χ2v) is 4.08. The highest BCUT2D eigenvalue weighted by atomic mass is 16.1. The van der Waals surface area contributed by atoms with E-state index >= 15 is 0 Å². The predicted octanol–water partition coefficient (Wildman–Crippen LogP) is 3.03. The molecule has 0 amide bonds. The fourth-order valence-electron chi connectivity index (χ4n) is 2.01. The number of rotatable bonds is 3. The lowest BCUT2D eigenvalue weighted by Crippen LogP contribution is -2.12. The molecule has 1 heterocycles. The number of nitrogens with one attached hydrogen (secondary N) is 1. The maximum atomic E-state index is 11.7. The third-order valence-electron chi connectivity index (χ3n) is 2.85.